The van der Waals surface area contributed by atoms with Crippen LogP contribution in [0.2, 0.25) is 0 Å². The summed E-state index contributed by atoms with van der Waals surface area (Å²) in [6.45, 7) is 6.17. The summed E-state index contributed by atoms with van der Waals surface area (Å²) in [6.07, 6.45) is -0.0233. The zero-order valence-corrected chi connectivity index (χ0v) is 10.2. The second-order valence-electron chi connectivity index (χ2n) is 4.87. The van der Waals surface area contributed by atoms with E-state index in [4.69, 9.17) is 18.9 Å². The number of fused-ring (bicyclic) bond motifs is 1. The summed E-state index contributed by atoms with van der Waals surface area (Å²) in [4.78, 5) is 0. The highest BCUT2D eigenvalue weighted by molar-refractivity contribution is 5.45. The van der Waals surface area contributed by atoms with Crippen molar-refractivity contribution >= 4 is 0 Å². The van der Waals surface area contributed by atoms with E-state index < -0.39 is 5.79 Å². The van der Waals surface area contributed by atoms with Gasteiger partial charge in [0.25, 0.3) is 0 Å². The number of benzene rings is 1. The maximum atomic E-state index is 5.89. The highest BCUT2D eigenvalue weighted by Crippen LogP contribution is 2.41. The van der Waals surface area contributed by atoms with Gasteiger partial charge in [0, 0.05) is 0 Å². The van der Waals surface area contributed by atoms with Gasteiger partial charge < -0.3 is 18.9 Å². The van der Waals surface area contributed by atoms with E-state index in [0.29, 0.717) is 6.79 Å². The van der Waals surface area contributed by atoms with Crippen molar-refractivity contribution in [2.45, 2.75) is 38.8 Å². The van der Waals surface area contributed by atoms with E-state index in [2.05, 4.69) is 0 Å². The van der Waals surface area contributed by atoms with E-state index in [1.54, 1.807) is 0 Å². The van der Waals surface area contributed by atoms with Crippen molar-refractivity contribution in [2.24, 2.45) is 0 Å². The summed E-state index contributed by atoms with van der Waals surface area (Å²) >= 11 is 0. The highest BCUT2D eigenvalue weighted by atomic mass is 16.7. The van der Waals surface area contributed by atoms with E-state index >= 15 is 0 Å². The molecule has 0 bridgehead atoms. The molecule has 17 heavy (non-hydrogen) atoms. The molecule has 0 N–H and O–H groups in total. The van der Waals surface area contributed by atoms with Crippen LogP contribution >= 0.6 is 0 Å². The fourth-order valence-electron chi connectivity index (χ4n) is 2.37. The molecule has 2 aliphatic rings. The molecule has 1 aromatic rings. The summed E-state index contributed by atoms with van der Waals surface area (Å²) in [5.74, 6) is 1.04. The van der Waals surface area contributed by atoms with Gasteiger partial charge in [0.1, 0.15) is 6.10 Å². The van der Waals surface area contributed by atoms with Gasteiger partial charge in [-0.3, -0.25) is 0 Å². The minimum absolute atomic E-state index is 0.0328. The molecule has 2 unspecified atom stereocenters. The topological polar surface area (TPSA) is 36.9 Å². The minimum Gasteiger partial charge on any atom is -0.454 e. The van der Waals surface area contributed by atoms with Crippen LogP contribution < -0.4 is 9.47 Å². The molecule has 1 aromatic carbocycles. The van der Waals surface area contributed by atoms with Crippen LogP contribution in [0.3, 0.4) is 0 Å². The predicted octanol–water partition coefficient (Wildman–Crippen LogP) is 2.63. The lowest BCUT2D eigenvalue weighted by molar-refractivity contribution is -0.145. The number of rotatable bonds is 1. The van der Waals surface area contributed by atoms with Crippen molar-refractivity contribution in [3.63, 3.8) is 0 Å². The van der Waals surface area contributed by atoms with Crippen LogP contribution in [0, 0.1) is 0 Å². The molecule has 0 spiro atoms. The first-order valence-corrected chi connectivity index (χ1v) is 5.80. The third-order valence-electron chi connectivity index (χ3n) is 3.03. The van der Waals surface area contributed by atoms with Gasteiger partial charge in [0.05, 0.1) is 6.10 Å². The zero-order chi connectivity index (χ0) is 12.0. The van der Waals surface area contributed by atoms with Crippen molar-refractivity contribution in [2.75, 3.05) is 6.79 Å². The molecule has 2 heterocycles. The van der Waals surface area contributed by atoms with Gasteiger partial charge in [-0.2, -0.15) is 0 Å². The molecule has 4 nitrogen and oxygen atoms in total. The normalized spacial score (nSPS) is 29.6. The Hall–Kier alpha value is -1.26. The lowest BCUT2D eigenvalue weighted by atomic mass is 10.1. The summed E-state index contributed by atoms with van der Waals surface area (Å²) < 4.78 is 22.3. The van der Waals surface area contributed by atoms with E-state index in [9.17, 15) is 0 Å². The van der Waals surface area contributed by atoms with Gasteiger partial charge in [-0.15, -0.1) is 0 Å². The summed E-state index contributed by atoms with van der Waals surface area (Å²) in [5.41, 5.74) is 1.06. The Kier molecular flexibility index (Phi) is 2.31. The first-order valence-electron chi connectivity index (χ1n) is 5.80. The molecule has 2 atom stereocenters. The first kappa shape index (κ1) is 10.9. The van der Waals surface area contributed by atoms with Gasteiger partial charge in [-0.05, 0) is 38.5 Å². The second-order valence-corrected chi connectivity index (χ2v) is 4.87. The van der Waals surface area contributed by atoms with Crippen LogP contribution in [-0.2, 0) is 9.47 Å². The highest BCUT2D eigenvalue weighted by Gasteiger charge is 2.39. The Bertz CT molecular complexity index is 441. The second kappa shape index (κ2) is 3.62. The molecule has 1 saturated heterocycles. The Balaban J connectivity index is 1.90. The molecular weight excluding hydrogens is 220 g/mol. The van der Waals surface area contributed by atoms with Crippen molar-refractivity contribution in [3.8, 4) is 11.5 Å². The smallest absolute Gasteiger partial charge is 0.231 e. The quantitative estimate of drug-likeness (QED) is 0.751. The monoisotopic (exact) mass is 236 g/mol. The SMILES string of the molecule is CC1OC(C)(C)OC1c1ccc2c(c1)OCO2. The molecule has 0 saturated carbocycles. The molecule has 0 amide bonds. The van der Waals surface area contributed by atoms with Crippen LogP contribution in [-0.4, -0.2) is 18.7 Å². The van der Waals surface area contributed by atoms with Crippen LogP contribution in [0.15, 0.2) is 18.2 Å². The average molecular weight is 236 g/mol. The van der Waals surface area contributed by atoms with Gasteiger partial charge in [0.15, 0.2) is 17.3 Å². The lowest BCUT2D eigenvalue weighted by Crippen LogP contribution is -2.20. The summed E-state index contributed by atoms with van der Waals surface area (Å²) in [7, 11) is 0. The van der Waals surface area contributed by atoms with Gasteiger partial charge >= 0.3 is 0 Å². The van der Waals surface area contributed by atoms with Crippen molar-refractivity contribution in [3.05, 3.63) is 23.8 Å². The Morgan fingerprint density at radius 2 is 1.88 bits per heavy atom. The van der Waals surface area contributed by atoms with Crippen LogP contribution in [0.25, 0.3) is 0 Å². The van der Waals surface area contributed by atoms with Crippen molar-refractivity contribution < 1.29 is 18.9 Å². The third kappa shape index (κ3) is 1.87. The zero-order valence-electron chi connectivity index (χ0n) is 10.2. The van der Waals surface area contributed by atoms with E-state index in [1.165, 1.54) is 0 Å². The van der Waals surface area contributed by atoms with Crippen molar-refractivity contribution in [1.29, 1.82) is 0 Å². The predicted molar refractivity (Wildman–Crippen MR) is 61.0 cm³/mol. The van der Waals surface area contributed by atoms with Crippen molar-refractivity contribution in [1.82, 2.24) is 0 Å². The molecular formula is C13H16O4. The van der Waals surface area contributed by atoms with Gasteiger partial charge in [-0.25, -0.2) is 0 Å². The molecule has 0 aromatic heterocycles. The number of ether oxygens (including phenoxy) is 4. The molecule has 4 heteroatoms. The molecule has 3 rings (SSSR count). The first-order chi connectivity index (χ1) is 8.05. The third-order valence-corrected chi connectivity index (χ3v) is 3.03. The van der Waals surface area contributed by atoms with Crippen LogP contribution in [0.1, 0.15) is 32.4 Å². The van der Waals surface area contributed by atoms with Gasteiger partial charge in [0.2, 0.25) is 6.79 Å². The molecule has 0 radical (unpaired) electrons. The van der Waals surface area contributed by atoms with E-state index in [1.807, 2.05) is 39.0 Å². The maximum absolute atomic E-state index is 5.89. The largest absolute Gasteiger partial charge is 0.454 e. The minimum atomic E-state index is -0.527. The molecule has 92 valence electrons. The van der Waals surface area contributed by atoms with Gasteiger partial charge in [-0.1, -0.05) is 6.07 Å². The number of hydrogen-bond acceptors (Lipinski definition) is 4. The Morgan fingerprint density at radius 1 is 1.12 bits per heavy atom. The number of hydrogen-bond donors (Lipinski definition) is 0. The summed E-state index contributed by atoms with van der Waals surface area (Å²) in [6, 6.07) is 5.88. The molecule has 1 fully saturated rings. The fourth-order valence-corrected chi connectivity index (χ4v) is 2.37. The standard InChI is InChI=1S/C13H16O4/c1-8-12(17-13(2,3)16-8)9-4-5-10-11(6-9)15-7-14-10/h4-6,8,12H,7H2,1-3H3. The Morgan fingerprint density at radius 3 is 2.59 bits per heavy atom. The molecule has 0 aliphatic carbocycles. The molecule has 2 aliphatic heterocycles. The van der Waals surface area contributed by atoms with Crippen LogP contribution in [0.4, 0.5) is 0 Å². The Labute approximate surface area is 100 Å². The lowest BCUT2D eigenvalue weighted by Gasteiger charge is -2.17. The van der Waals surface area contributed by atoms with E-state index in [-0.39, 0.29) is 12.2 Å². The summed E-state index contributed by atoms with van der Waals surface area (Å²) in [5, 5.41) is 0. The maximum Gasteiger partial charge on any atom is 0.231 e. The van der Waals surface area contributed by atoms with Crippen LogP contribution in [0.5, 0.6) is 11.5 Å². The van der Waals surface area contributed by atoms with E-state index in [0.717, 1.165) is 17.1 Å². The fraction of sp³-hybridized carbons (Fsp3) is 0.538. The average Bonchev–Trinajstić information content (AvgIpc) is 2.81.